The zero-order valence-corrected chi connectivity index (χ0v) is 8.30. The van der Waals surface area contributed by atoms with Gasteiger partial charge in [-0.2, -0.15) is 0 Å². The van der Waals surface area contributed by atoms with Gasteiger partial charge in [-0.3, -0.25) is 4.57 Å². The minimum absolute atomic E-state index is 0.0840. The van der Waals surface area contributed by atoms with Gasteiger partial charge < -0.3 is 14.8 Å². The van der Waals surface area contributed by atoms with Gasteiger partial charge >= 0.3 is 7.60 Å². The van der Waals surface area contributed by atoms with Gasteiger partial charge in [0, 0.05) is 14.2 Å². The third kappa shape index (κ3) is 2.56. The maximum Gasteiger partial charge on any atom is 0.346 e. The normalized spacial score (nSPS) is 15.5. The van der Waals surface area contributed by atoms with E-state index < -0.39 is 13.4 Å². The fraction of sp³-hybridized carbons (Fsp3) is 1.00. The number of hydrogen-bond donors (Lipinski definition) is 1. The summed E-state index contributed by atoms with van der Waals surface area (Å²) in [6.07, 6.45) is 0. The van der Waals surface area contributed by atoms with Crippen molar-refractivity contribution in [2.45, 2.75) is 19.6 Å². The first-order valence-electron chi connectivity index (χ1n) is 3.44. The molecule has 0 aliphatic carbocycles. The highest BCUT2D eigenvalue weighted by molar-refractivity contribution is 7.54. The van der Waals surface area contributed by atoms with Crippen molar-refractivity contribution in [2.24, 2.45) is 11.7 Å². The summed E-state index contributed by atoms with van der Waals surface area (Å²) in [7, 11) is -0.371. The second kappa shape index (κ2) is 4.21. The van der Waals surface area contributed by atoms with Gasteiger partial charge in [-0.05, 0) is 5.92 Å². The summed E-state index contributed by atoms with van der Waals surface area (Å²) < 4.78 is 21.0. The van der Waals surface area contributed by atoms with Gasteiger partial charge in [0.2, 0.25) is 0 Å². The van der Waals surface area contributed by atoms with E-state index in [1.54, 1.807) is 0 Å². The highest BCUT2D eigenvalue weighted by Crippen LogP contribution is 2.51. The molecule has 2 N–H and O–H groups in total. The van der Waals surface area contributed by atoms with Gasteiger partial charge in [0.25, 0.3) is 0 Å². The van der Waals surface area contributed by atoms with Crippen molar-refractivity contribution in [1.82, 2.24) is 0 Å². The molecule has 5 heteroatoms. The third-order valence-corrected chi connectivity index (χ3v) is 3.90. The molecule has 0 bridgehead atoms. The second-order valence-corrected chi connectivity index (χ2v) is 5.05. The van der Waals surface area contributed by atoms with Gasteiger partial charge in [0.1, 0.15) is 5.78 Å². The summed E-state index contributed by atoms with van der Waals surface area (Å²) in [4.78, 5) is 0. The lowest BCUT2D eigenvalue weighted by molar-refractivity contribution is 0.257. The highest BCUT2D eigenvalue weighted by atomic mass is 31.2. The molecule has 0 heterocycles. The maximum absolute atomic E-state index is 11.5. The summed E-state index contributed by atoms with van der Waals surface area (Å²) in [5, 5.41) is 0. The van der Waals surface area contributed by atoms with Crippen LogP contribution in [0.1, 0.15) is 13.8 Å². The van der Waals surface area contributed by atoms with Crippen LogP contribution >= 0.6 is 7.60 Å². The molecule has 68 valence electrons. The van der Waals surface area contributed by atoms with Crippen LogP contribution in [-0.2, 0) is 13.6 Å². The van der Waals surface area contributed by atoms with E-state index in [9.17, 15) is 4.57 Å². The van der Waals surface area contributed by atoms with Crippen LogP contribution < -0.4 is 5.73 Å². The topological polar surface area (TPSA) is 61.5 Å². The molecule has 0 amide bonds. The Morgan fingerprint density at radius 1 is 1.27 bits per heavy atom. The summed E-state index contributed by atoms with van der Waals surface area (Å²) >= 11 is 0. The van der Waals surface area contributed by atoms with Crippen LogP contribution in [0.4, 0.5) is 0 Å². The maximum atomic E-state index is 11.5. The second-order valence-electron chi connectivity index (χ2n) is 2.64. The highest BCUT2D eigenvalue weighted by Gasteiger charge is 2.32. The monoisotopic (exact) mass is 181 g/mol. The predicted octanol–water partition coefficient (Wildman–Crippen LogP) is 1.41. The van der Waals surface area contributed by atoms with E-state index in [1.165, 1.54) is 14.2 Å². The molecular formula is C6H16NO3P. The summed E-state index contributed by atoms with van der Waals surface area (Å²) in [6.45, 7) is 3.74. The SMILES string of the molecule is COP(=O)(OC)C(N)C(C)C. The fourth-order valence-corrected chi connectivity index (χ4v) is 2.05. The Labute approximate surface area is 67.6 Å². The zero-order valence-electron chi connectivity index (χ0n) is 7.40. The minimum Gasteiger partial charge on any atom is -0.317 e. The average molecular weight is 181 g/mol. The van der Waals surface area contributed by atoms with Crippen molar-refractivity contribution >= 4 is 7.60 Å². The van der Waals surface area contributed by atoms with Gasteiger partial charge in [0.05, 0.1) is 0 Å². The molecule has 0 rings (SSSR count). The van der Waals surface area contributed by atoms with Crippen molar-refractivity contribution in [2.75, 3.05) is 14.2 Å². The predicted molar refractivity (Wildman–Crippen MR) is 44.4 cm³/mol. The molecule has 4 nitrogen and oxygen atoms in total. The molecule has 0 aromatic heterocycles. The van der Waals surface area contributed by atoms with E-state index in [2.05, 4.69) is 0 Å². The Kier molecular flexibility index (Phi) is 4.26. The lowest BCUT2D eigenvalue weighted by Gasteiger charge is -2.23. The molecule has 0 saturated carbocycles. The Morgan fingerprint density at radius 2 is 1.64 bits per heavy atom. The van der Waals surface area contributed by atoms with Crippen LogP contribution in [0.3, 0.4) is 0 Å². The van der Waals surface area contributed by atoms with Gasteiger partial charge in [-0.15, -0.1) is 0 Å². The molecule has 0 radical (unpaired) electrons. The van der Waals surface area contributed by atoms with Gasteiger partial charge in [-0.25, -0.2) is 0 Å². The molecule has 0 fully saturated rings. The summed E-state index contributed by atoms with van der Waals surface area (Å²) in [5.74, 6) is -0.460. The minimum atomic E-state index is -3.05. The molecule has 0 saturated heterocycles. The van der Waals surface area contributed by atoms with Crippen LogP contribution in [0.25, 0.3) is 0 Å². The van der Waals surface area contributed by atoms with Gasteiger partial charge in [0.15, 0.2) is 0 Å². The first-order chi connectivity index (χ1) is 4.98. The van der Waals surface area contributed by atoms with Crippen LogP contribution in [0.15, 0.2) is 0 Å². The van der Waals surface area contributed by atoms with Crippen molar-refractivity contribution in [3.8, 4) is 0 Å². The molecular weight excluding hydrogens is 165 g/mol. The summed E-state index contributed by atoms with van der Waals surface area (Å²) in [5.41, 5.74) is 5.60. The lowest BCUT2D eigenvalue weighted by atomic mass is 10.2. The molecule has 0 spiro atoms. The fourth-order valence-electron chi connectivity index (χ4n) is 0.683. The van der Waals surface area contributed by atoms with E-state index in [-0.39, 0.29) is 5.92 Å². The van der Waals surface area contributed by atoms with Crippen molar-refractivity contribution in [3.63, 3.8) is 0 Å². The Bertz CT molecular complexity index is 152. The van der Waals surface area contributed by atoms with Gasteiger partial charge in [-0.1, -0.05) is 13.8 Å². The molecule has 1 unspecified atom stereocenters. The third-order valence-electron chi connectivity index (χ3n) is 1.56. The first-order valence-corrected chi connectivity index (χ1v) is 5.06. The molecule has 11 heavy (non-hydrogen) atoms. The molecule has 0 aliphatic rings. The standard InChI is InChI=1S/C6H16NO3P/c1-5(2)6(7)11(8,9-3)10-4/h5-6H,7H2,1-4H3. The first kappa shape index (κ1) is 11.1. The van der Waals surface area contributed by atoms with Crippen LogP contribution in [0.2, 0.25) is 0 Å². The average Bonchev–Trinajstić information content (AvgIpc) is 2.01. The Balaban J connectivity index is 4.38. The number of nitrogens with two attached hydrogens (primary N) is 1. The number of hydrogen-bond acceptors (Lipinski definition) is 4. The zero-order chi connectivity index (χ0) is 9.07. The largest absolute Gasteiger partial charge is 0.346 e. The van der Waals surface area contributed by atoms with Crippen LogP contribution in [0.5, 0.6) is 0 Å². The molecule has 0 aromatic carbocycles. The molecule has 1 atom stereocenters. The summed E-state index contributed by atoms with van der Waals surface area (Å²) in [6, 6.07) is 0. The van der Waals surface area contributed by atoms with Crippen molar-refractivity contribution in [3.05, 3.63) is 0 Å². The Morgan fingerprint density at radius 3 is 1.73 bits per heavy atom. The van der Waals surface area contributed by atoms with Crippen LogP contribution in [-0.4, -0.2) is 20.0 Å². The number of rotatable bonds is 4. The van der Waals surface area contributed by atoms with Crippen LogP contribution in [0, 0.1) is 5.92 Å². The lowest BCUT2D eigenvalue weighted by Crippen LogP contribution is -2.27. The molecule has 0 aliphatic heterocycles. The van der Waals surface area contributed by atoms with E-state index >= 15 is 0 Å². The van der Waals surface area contributed by atoms with E-state index in [1.807, 2.05) is 13.8 Å². The van der Waals surface area contributed by atoms with E-state index in [0.717, 1.165) is 0 Å². The van der Waals surface area contributed by atoms with Crippen molar-refractivity contribution < 1.29 is 13.6 Å². The van der Waals surface area contributed by atoms with E-state index in [0.29, 0.717) is 0 Å². The van der Waals surface area contributed by atoms with Crippen molar-refractivity contribution in [1.29, 1.82) is 0 Å². The molecule has 0 aromatic rings. The Hall–Kier alpha value is 0.110. The smallest absolute Gasteiger partial charge is 0.317 e. The van der Waals surface area contributed by atoms with E-state index in [4.69, 9.17) is 14.8 Å². The quantitative estimate of drug-likeness (QED) is 0.666.